The molecule has 0 aliphatic carbocycles. The molecule has 1 fully saturated rings. The topological polar surface area (TPSA) is 51.1 Å². The van der Waals surface area contributed by atoms with Crippen molar-refractivity contribution in [1.82, 2.24) is 9.29 Å². The highest BCUT2D eigenvalue weighted by atomic mass is 79.9. The normalized spacial score (nSPS) is 18.9. The van der Waals surface area contributed by atoms with Gasteiger partial charge in [-0.2, -0.15) is 0 Å². The molecule has 142 valence electrons. The second-order valence-electron chi connectivity index (χ2n) is 7.35. The average Bonchev–Trinajstić information content (AvgIpc) is 3.29. The van der Waals surface area contributed by atoms with E-state index in [0.29, 0.717) is 10.9 Å². The van der Waals surface area contributed by atoms with Crippen molar-refractivity contribution in [3.63, 3.8) is 0 Å². The predicted octanol–water partition coefficient (Wildman–Crippen LogP) is 4.80. The first-order chi connectivity index (χ1) is 12.9. The number of nitrogens with zero attached hydrogens (tertiary/aromatic N) is 1. The Kier molecular flexibility index (Phi) is 4.91. The third-order valence-corrected chi connectivity index (χ3v) is 7.71. The Labute approximate surface area is 168 Å². The number of aromatic nitrogens is 1. The Balaban J connectivity index is 1.89. The van der Waals surface area contributed by atoms with Crippen LogP contribution in [-0.4, -0.2) is 25.0 Å². The first-order valence-electron chi connectivity index (χ1n) is 9.24. The van der Waals surface area contributed by atoms with Crippen LogP contribution in [0.15, 0.2) is 58.0 Å². The SMILES string of the molecule is Cc1ccc(S(=O)(=O)n2cc(C(C)C3CCCN3)c3cc(Br)ccc32)cc1. The Bertz CT molecular complexity index is 1080. The maximum Gasteiger partial charge on any atom is 0.268 e. The van der Waals surface area contributed by atoms with E-state index < -0.39 is 10.0 Å². The number of nitrogens with one attached hydrogen (secondary N) is 1. The Morgan fingerprint density at radius 2 is 1.93 bits per heavy atom. The Hall–Kier alpha value is -1.63. The van der Waals surface area contributed by atoms with E-state index >= 15 is 0 Å². The summed E-state index contributed by atoms with van der Waals surface area (Å²) >= 11 is 3.54. The molecular formula is C21H23BrN2O2S. The van der Waals surface area contributed by atoms with Crippen LogP contribution in [0.3, 0.4) is 0 Å². The van der Waals surface area contributed by atoms with Crippen LogP contribution in [0.1, 0.15) is 36.8 Å². The van der Waals surface area contributed by atoms with Gasteiger partial charge in [0.25, 0.3) is 10.0 Å². The molecule has 1 aliphatic heterocycles. The molecule has 3 aromatic rings. The molecule has 6 heteroatoms. The maximum atomic E-state index is 13.3. The molecule has 1 aliphatic rings. The summed E-state index contributed by atoms with van der Waals surface area (Å²) in [6.07, 6.45) is 4.10. The number of benzene rings is 2. The first kappa shape index (κ1) is 18.7. The largest absolute Gasteiger partial charge is 0.313 e. The molecule has 27 heavy (non-hydrogen) atoms. The van der Waals surface area contributed by atoms with Gasteiger partial charge in [0.1, 0.15) is 0 Å². The smallest absolute Gasteiger partial charge is 0.268 e. The van der Waals surface area contributed by atoms with Crippen LogP contribution in [0.4, 0.5) is 0 Å². The predicted molar refractivity (Wildman–Crippen MR) is 113 cm³/mol. The summed E-state index contributed by atoms with van der Waals surface area (Å²) < 4.78 is 29.1. The molecule has 2 atom stereocenters. The molecule has 0 amide bonds. The van der Waals surface area contributed by atoms with Crippen LogP contribution in [0, 0.1) is 6.92 Å². The van der Waals surface area contributed by atoms with E-state index in [2.05, 4.69) is 28.2 Å². The minimum absolute atomic E-state index is 0.235. The third kappa shape index (κ3) is 3.35. The number of hydrogen-bond donors (Lipinski definition) is 1. The van der Waals surface area contributed by atoms with E-state index in [-0.39, 0.29) is 5.92 Å². The zero-order valence-corrected chi connectivity index (χ0v) is 17.8. The highest BCUT2D eigenvalue weighted by molar-refractivity contribution is 9.10. The minimum Gasteiger partial charge on any atom is -0.313 e. The Morgan fingerprint density at radius 3 is 2.59 bits per heavy atom. The minimum atomic E-state index is -3.65. The van der Waals surface area contributed by atoms with E-state index in [0.717, 1.165) is 39.5 Å². The summed E-state index contributed by atoms with van der Waals surface area (Å²) in [5.74, 6) is 0.235. The van der Waals surface area contributed by atoms with Crippen LogP contribution in [0.25, 0.3) is 10.9 Å². The molecule has 1 N–H and O–H groups in total. The van der Waals surface area contributed by atoms with E-state index in [1.807, 2.05) is 43.5 Å². The third-order valence-electron chi connectivity index (χ3n) is 5.53. The quantitative estimate of drug-likeness (QED) is 0.625. The van der Waals surface area contributed by atoms with Crippen molar-refractivity contribution in [2.75, 3.05) is 6.54 Å². The van der Waals surface area contributed by atoms with E-state index in [1.54, 1.807) is 12.1 Å². The molecule has 4 nitrogen and oxygen atoms in total. The van der Waals surface area contributed by atoms with Crippen molar-refractivity contribution in [3.05, 3.63) is 64.3 Å². The second kappa shape index (κ2) is 7.08. The zero-order chi connectivity index (χ0) is 19.2. The van der Waals surface area contributed by atoms with Crippen molar-refractivity contribution in [2.24, 2.45) is 0 Å². The molecule has 1 saturated heterocycles. The fourth-order valence-electron chi connectivity index (χ4n) is 3.94. The van der Waals surface area contributed by atoms with Crippen LogP contribution in [0.5, 0.6) is 0 Å². The van der Waals surface area contributed by atoms with Gasteiger partial charge in [-0.15, -0.1) is 0 Å². The van der Waals surface area contributed by atoms with Crippen molar-refractivity contribution >= 4 is 36.9 Å². The lowest BCUT2D eigenvalue weighted by Crippen LogP contribution is -2.27. The van der Waals surface area contributed by atoms with Gasteiger partial charge in [0.2, 0.25) is 0 Å². The fourth-order valence-corrected chi connectivity index (χ4v) is 5.68. The maximum absolute atomic E-state index is 13.3. The molecule has 2 aromatic carbocycles. The molecule has 4 rings (SSSR count). The van der Waals surface area contributed by atoms with Crippen molar-refractivity contribution in [1.29, 1.82) is 0 Å². The van der Waals surface area contributed by atoms with Crippen LogP contribution >= 0.6 is 15.9 Å². The second-order valence-corrected chi connectivity index (χ2v) is 10.1. The highest BCUT2D eigenvalue weighted by Gasteiger charge is 2.28. The van der Waals surface area contributed by atoms with Gasteiger partial charge in [-0.1, -0.05) is 40.5 Å². The van der Waals surface area contributed by atoms with Gasteiger partial charge in [0, 0.05) is 22.1 Å². The highest BCUT2D eigenvalue weighted by Crippen LogP contribution is 2.35. The monoisotopic (exact) mass is 446 g/mol. The summed E-state index contributed by atoms with van der Waals surface area (Å²) in [4.78, 5) is 0.311. The lowest BCUT2D eigenvalue weighted by atomic mass is 9.92. The van der Waals surface area contributed by atoms with Gasteiger partial charge >= 0.3 is 0 Å². The number of hydrogen-bond acceptors (Lipinski definition) is 3. The summed E-state index contributed by atoms with van der Waals surface area (Å²) in [6.45, 7) is 5.16. The molecular weight excluding hydrogens is 424 g/mol. The molecule has 0 bridgehead atoms. The number of halogens is 1. The average molecular weight is 447 g/mol. The summed E-state index contributed by atoms with van der Waals surface area (Å²) in [5.41, 5.74) is 2.83. The number of fused-ring (bicyclic) bond motifs is 1. The van der Waals surface area contributed by atoms with Crippen LogP contribution in [0.2, 0.25) is 0 Å². The van der Waals surface area contributed by atoms with E-state index in [4.69, 9.17) is 0 Å². The van der Waals surface area contributed by atoms with Gasteiger partial charge in [-0.05, 0) is 68.1 Å². The van der Waals surface area contributed by atoms with Crippen molar-refractivity contribution < 1.29 is 8.42 Å². The van der Waals surface area contributed by atoms with E-state index in [1.165, 1.54) is 10.4 Å². The van der Waals surface area contributed by atoms with Gasteiger partial charge in [0.05, 0.1) is 10.4 Å². The molecule has 0 saturated carbocycles. The van der Waals surface area contributed by atoms with Gasteiger partial charge < -0.3 is 5.32 Å². The molecule has 2 unspecified atom stereocenters. The van der Waals surface area contributed by atoms with Gasteiger partial charge in [-0.3, -0.25) is 0 Å². The van der Waals surface area contributed by atoms with Crippen molar-refractivity contribution in [3.8, 4) is 0 Å². The molecule has 0 spiro atoms. The summed E-state index contributed by atoms with van der Waals surface area (Å²) in [5, 5.41) is 4.54. The van der Waals surface area contributed by atoms with Crippen LogP contribution in [-0.2, 0) is 10.0 Å². The number of rotatable bonds is 4. The molecule has 0 radical (unpaired) electrons. The van der Waals surface area contributed by atoms with E-state index in [9.17, 15) is 8.42 Å². The molecule has 1 aromatic heterocycles. The standard InChI is InChI=1S/C21H23BrN2O2S/c1-14-5-8-17(9-6-14)27(25,26)24-13-19(15(2)20-4-3-11-23-20)18-12-16(22)7-10-21(18)24/h5-10,12-13,15,20,23H,3-4,11H2,1-2H3. The Morgan fingerprint density at radius 1 is 1.19 bits per heavy atom. The lowest BCUT2D eigenvalue weighted by Gasteiger charge is -2.19. The van der Waals surface area contributed by atoms with Gasteiger partial charge in [-0.25, -0.2) is 12.4 Å². The van der Waals surface area contributed by atoms with Crippen LogP contribution < -0.4 is 5.32 Å². The number of aryl methyl sites for hydroxylation is 1. The summed E-state index contributed by atoms with van der Waals surface area (Å²) in [7, 11) is -3.65. The van der Waals surface area contributed by atoms with Crippen molar-refractivity contribution in [2.45, 2.75) is 43.5 Å². The molecule has 2 heterocycles. The zero-order valence-electron chi connectivity index (χ0n) is 15.4. The lowest BCUT2D eigenvalue weighted by molar-refractivity contribution is 0.519. The fraction of sp³-hybridized carbons (Fsp3) is 0.333. The first-order valence-corrected chi connectivity index (χ1v) is 11.5. The van der Waals surface area contributed by atoms with Gasteiger partial charge in [0.15, 0.2) is 0 Å². The summed E-state index contributed by atoms with van der Waals surface area (Å²) in [6, 6.07) is 13.2.